The number of ether oxygens (including phenoxy) is 2. The summed E-state index contributed by atoms with van der Waals surface area (Å²) in [6.45, 7) is 2.79. The third-order valence-electron chi connectivity index (χ3n) is 5.34. The van der Waals surface area contributed by atoms with Crippen LogP contribution in [-0.4, -0.2) is 54.0 Å². The summed E-state index contributed by atoms with van der Waals surface area (Å²) >= 11 is 0. The first-order chi connectivity index (χ1) is 15.0. The molecule has 0 spiro atoms. The number of nitrogens with zero attached hydrogens (tertiary/aromatic N) is 2. The van der Waals surface area contributed by atoms with Crippen molar-refractivity contribution in [1.82, 2.24) is 15.2 Å². The van der Waals surface area contributed by atoms with Crippen molar-refractivity contribution in [2.75, 3.05) is 31.7 Å². The number of aromatic nitrogens is 1. The molecule has 31 heavy (non-hydrogen) atoms. The Morgan fingerprint density at radius 2 is 2.00 bits per heavy atom. The molecule has 1 atom stereocenters. The van der Waals surface area contributed by atoms with E-state index in [2.05, 4.69) is 15.6 Å². The number of rotatable bonds is 5. The molecule has 2 N–H and O–H groups in total. The molecule has 9 heteroatoms. The van der Waals surface area contributed by atoms with Crippen LogP contribution in [0.4, 0.5) is 5.82 Å². The Hall–Kier alpha value is -3.62. The lowest BCUT2D eigenvalue weighted by atomic mass is 9.97. The van der Waals surface area contributed by atoms with Crippen LogP contribution in [0.15, 0.2) is 36.5 Å². The van der Waals surface area contributed by atoms with Gasteiger partial charge in [0.25, 0.3) is 5.91 Å². The van der Waals surface area contributed by atoms with Crippen LogP contribution >= 0.6 is 0 Å². The van der Waals surface area contributed by atoms with Crippen molar-refractivity contribution < 1.29 is 23.9 Å². The van der Waals surface area contributed by atoms with E-state index < -0.39 is 0 Å². The minimum atomic E-state index is -0.372. The largest absolute Gasteiger partial charge is 0.454 e. The van der Waals surface area contributed by atoms with Crippen LogP contribution in [0, 0.1) is 12.8 Å². The quantitative estimate of drug-likeness (QED) is 0.757. The van der Waals surface area contributed by atoms with Gasteiger partial charge in [0.1, 0.15) is 5.82 Å². The second-order valence-corrected chi connectivity index (χ2v) is 7.64. The molecule has 1 fully saturated rings. The van der Waals surface area contributed by atoms with Crippen molar-refractivity contribution >= 4 is 23.5 Å². The van der Waals surface area contributed by atoms with Crippen molar-refractivity contribution in [1.29, 1.82) is 0 Å². The number of fused-ring (bicyclic) bond motifs is 1. The summed E-state index contributed by atoms with van der Waals surface area (Å²) in [5.41, 5.74) is 1.40. The zero-order valence-corrected chi connectivity index (χ0v) is 17.2. The smallest absolute Gasteiger partial charge is 0.251 e. The molecule has 4 rings (SSSR count). The van der Waals surface area contributed by atoms with Gasteiger partial charge in [0.15, 0.2) is 11.5 Å². The van der Waals surface area contributed by atoms with Crippen LogP contribution in [-0.2, 0) is 9.59 Å². The van der Waals surface area contributed by atoms with Gasteiger partial charge in [0.2, 0.25) is 18.6 Å². The maximum Gasteiger partial charge on any atom is 0.251 e. The standard InChI is InChI=1S/C22H24N4O5/c1-14-4-7-19(23-10-14)25-22(29)16-3-2-8-26(12-16)20(27)11-24-21(28)15-5-6-17-18(9-15)31-13-30-17/h4-7,9-10,16H,2-3,8,11-13H2,1H3,(H,24,28)(H,23,25,29). The van der Waals surface area contributed by atoms with Gasteiger partial charge in [-0.05, 0) is 49.6 Å². The van der Waals surface area contributed by atoms with Gasteiger partial charge in [-0.1, -0.05) is 6.07 Å². The second kappa shape index (κ2) is 9.03. The van der Waals surface area contributed by atoms with Crippen molar-refractivity contribution in [3.8, 4) is 11.5 Å². The minimum Gasteiger partial charge on any atom is -0.454 e. The molecule has 1 aromatic heterocycles. The average molecular weight is 424 g/mol. The van der Waals surface area contributed by atoms with E-state index in [4.69, 9.17) is 9.47 Å². The molecule has 2 aromatic rings. The van der Waals surface area contributed by atoms with Gasteiger partial charge >= 0.3 is 0 Å². The number of anilines is 1. The monoisotopic (exact) mass is 424 g/mol. The number of carbonyl (C=O) groups excluding carboxylic acids is 3. The fourth-order valence-electron chi connectivity index (χ4n) is 3.60. The Morgan fingerprint density at radius 3 is 2.81 bits per heavy atom. The molecule has 0 radical (unpaired) electrons. The summed E-state index contributed by atoms with van der Waals surface area (Å²) < 4.78 is 10.5. The fourth-order valence-corrected chi connectivity index (χ4v) is 3.60. The maximum atomic E-state index is 12.6. The molecular formula is C22H24N4O5. The Morgan fingerprint density at radius 1 is 1.16 bits per heavy atom. The normalized spacial score (nSPS) is 17.2. The molecule has 1 unspecified atom stereocenters. The van der Waals surface area contributed by atoms with Crippen molar-refractivity contribution in [3.05, 3.63) is 47.7 Å². The summed E-state index contributed by atoms with van der Waals surface area (Å²) in [6, 6.07) is 8.50. The molecular weight excluding hydrogens is 400 g/mol. The van der Waals surface area contributed by atoms with E-state index >= 15 is 0 Å². The minimum absolute atomic E-state index is 0.128. The van der Waals surface area contributed by atoms with Crippen LogP contribution in [0.1, 0.15) is 28.8 Å². The van der Waals surface area contributed by atoms with E-state index in [1.807, 2.05) is 13.0 Å². The van der Waals surface area contributed by atoms with Gasteiger partial charge in [0.05, 0.1) is 12.5 Å². The molecule has 1 aromatic carbocycles. The van der Waals surface area contributed by atoms with E-state index in [0.717, 1.165) is 12.0 Å². The van der Waals surface area contributed by atoms with Crippen LogP contribution in [0.5, 0.6) is 11.5 Å². The predicted molar refractivity (Wildman–Crippen MR) is 112 cm³/mol. The first kappa shape index (κ1) is 20.6. The Balaban J connectivity index is 1.28. The third kappa shape index (κ3) is 4.93. The highest BCUT2D eigenvalue weighted by atomic mass is 16.7. The van der Waals surface area contributed by atoms with Crippen LogP contribution < -0.4 is 20.1 Å². The molecule has 0 saturated carbocycles. The molecule has 2 aliphatic heterocycles. The second-order valence-electron chi connectivity index (χ2n) is 7.64. The number of piperidine rings is 1. The molecule has 3 heterocycles. The number of benzene rings is 1. The van der Waals surface area contributed by atoms with Gasteiger partial charge in [-0.15, -0.1) is 0 Å². The average Bonchev–Trinajstić information content (AvgIpc) is 3.26. The number of aryl methyl sites for hydroxylation is 1. The number of nitrogens with one attached hydrogen (secondary N) is 2. The summed E-state index contributed by atoms with van der Waals surface area (Å²) in [6.07, 6.45) is 3.11. The SMILES string of the molecule is Cc1ccc(NC(=O)C2CCCN(C(=O)CNC(=O)c3ccc4c(c3)OCO4)C2)nc1. The van der Waals surface area contributed by atoms with E-state index in [9.17, 15) is 14.4 Å². The fraction of sp³-hybridized carbons (Fsp3) is 0.364. The Bertz CT molecular complexity index is 992. The molecule has 162 valence electrons. The summed E-state index contributed by atoms with van der Waals surface area (Å²) in [7, 11) is 0. The molecule has 3 amide bonds. The topological polar surface area (TPSA) is 110 Å². The number of hydrogen-bond donors (Lipinski definition) is 2. The third-order valence-corrected chi connectivity index (χ3v) is 5.34. The lowest BCUT2D eigenvalue weighted by molar-refractivity contribution is -0.133. The van der Waals surface area contributed by atoms with Gasteiger partial charge < -0.3 is 25.0 Å². The lowest BCUT2D eigenvalue weighted by Gasteiger charge is -2.32. The van der Waals surface area contributed by atoms with Crippen LogP contribution in [0.25, 0.3) is 0 Å². The summed E-state index contributed by atoms with van der Waals surface area (Å²) in [5.74, 6) is 0.528. The zero-order chi connectivity index (χ0) is 21.8. The lowest BCUT2D eigenvalue weighted by Crippen LogP contribution is -2.47. The molecule has 9 nitrogen and oxygen atoms in total. The van der Waals surface area contributed by atoms with Crippen molar-refractivity contribution in [2.45, 2.75) is 19.8 Å². The Labute approximate surface area is 179 Å². The highest BCUT2D eigenvalue weighted by Gasteiger charge is 2.29. The van der Waals surface area contributed by atoms with Crippen LogP contribution in [0.2, 0.25) is 0 Å². The zero-order valence-electron chi connectivity index (χ0n) is 17.2. The number of amides is 3. The Kier molecular flexibility index (Phi) is 6.01. The molecule has 0 aliphatic carbocycles. The number of carbonyl (C=O) groups is 3. The predicted octanol–water partition coefficient (Wildman–Crippen LogP) is 1.73. The van der Waals surface area contributed by atoms with Crippen molar-refractivity contribution in [2.24, 2.45) is 5.92 Å². The van der Waals surface area contributed by atoms with E-state index in [1.165, 1.54) is 0 Å². The van der Waals surface area contributed by atoms with Crippen molar-refractivity contribution in [3.63, 3.8) is 0 Å². The van der Waals surface area contributed by atoms with E-state index in [1.54, 1.807) is 35.4 Å². The summed E-state index contributed by atoms with van der Waals surface area (Å²) in [4.78, 5) is 43.4. The molecule has 0 bridgehead atoms. The van der Waals surface area contributed by atoms with Crippen LogP contribution in [0.3, 0.4) is 0 Å². The van der Waals surface area contributed by atoms with Gasteiger partial charge in [-0.2, -0.15) is 0 Å². The van der Waals surface area contributed by atoms with Gasteiger partial charge in [-0.25, -0.2) is 4.98 Å². The van der Waals surface area contributed by atoms with Gasteiger partial charge in [0, 0.05) is 24.8 Å². The highest BCUT2D eigenvalue weighted by Crippen LogP contribution is 2.32. The first-order valence-electron chi connectivity index (χ1n) is 10.2. The molecule has 2 aliphatic rings. The first-order valence-corrected chi connectivity index (χ1v) is 10.2. The highest BCUT2D eigenvalue weighted by molar-refractivity contribution is 5.97. The van der Waals surface area contributed by atoms with Gasteiger partial charge in [-0.3, -0.25) is 14.4 Å². The number of likely N-dealkylation sites (tertiary alicyclic amines) is 1. The number of pyridine rings is 1. The van der Waals surface area contributed by atoms with E-state index in [-0.39, 0.29) is 37.0 Å². The van der Waals surface area contributed by atoms with E-state index in [0.29, 0.717) is 42.4 Å². The molecule has 1 saturated heterocycles. The number of hydrogen-bond acceptors (Lipinski definition) is 6. The summed E-state index contributed by atoms with van der Waals surface area (Å²) in [5, 5.41) is 5.45. The maximum absolute atomic E-state index is 12.6.